The summed E-state index contributed by atoms with van der Waals surface area (Å²) in [7, 11) is 0. The lowest BCUT2D eigenvalue weighted by atomic mass is 10.3. The van der Waals surface area contributed by atoms with Gasteiger partial charge < -0.3 is 9.63 Å². The number of rotatable bonds is 7. The Morgan fingerprint density at radius 1 is 1.50 bits per heavy atom. The monoisotopic (exact) mass is 296 g/mol. The molecule has 2 aromatic heterocycles. The molecule has 0 aliphatic carbocycles. The van der Waals surface area contributed by atoms with E-state index in [4.69, 9.17) is 9.63 Å². The van der Waals surface area contributed by atoms with Crippen LogP contribution in [-0.4, -0.2) is 36.7 Å². The summed E-state index contributed by atoms with van der Waals surface area (Å²) in [5.74, 6) is 0.659. The standard InChI is InChI=1S/C12H16N4O3S/c1-3-4-10-13-14-12(20-7-11(17)18)16(10)6-9-5-8(2)19-15-9/h5H,3-4,6-7H2,1-2H3,(H,17,18). The maximum Gasteiger partial charge on any atom is 0.313 e. The van der Waals surface area contributed by atoms with Crippen molar-refractivity contribution in [3.05, 3.63) is 23.3 Å². The van der Waals surface area contributed by atoms with Gasteiger partial charge in [0.15, 0.2) is 5.16 Å². The lowest BCUT2D eigenvalue weighted by Gasteiger charge is -2.06. The normalized spacial score (nSPS) is 10.9. The number of carboxylic acid groups (broad SMARTS) is 1. The van der Waals surface area contributed by atoms with Gasteiger partial charge in [0.25, 0.3) is 0 Å². The number of hydrogen-bond donors (Lipinski definition) is 1. The molecule has 2 heterocycles. The van der Waals surface area contributed by atoms with Crippen molar-refractivity contribution in [3.63, 3.8) is 0 Å². The molecule has 0 saturated heterocycles. The van der Waals surface area contributed by atoms with E-state index in [9.17, 15) is 4.79 Å². The van der Waals surface area contributed by atoms with Gasteiger partial charge in [0.1, 0.15) is 17.3 Å². The first-order valence-electron chi connectivity index (χ1n) is 6.29. The first-order chi connectivity index (χ1) is 9.60. The van der Waals surface area contributed by atoms with Gasteiger partial charge in [-0.3, -0.25) is 9.36 Å². The molecule has 108 valence electrons. The number of carbonyl (C=O) groups is 1. The zero-order valence-electron chi connectivity index (χ0n) is 11.4. The van der Waals surface area contributed by atoms with Crippen LogP contribution in [0.3, 0.4) is 0 Å². The van der Waals surface area contributed by atoms with E-state index in [1.807, 2.05) is 17.6 Å². The summed E-state index contributed by atoms with van der Waals surface area (Å²) >= 11 is 1.16. The molecule has 0 unspecified atom stereocenters. The molecule has 0 saturated carbocycles. The molecule has 7 nitrogen and oxygen atoms in total. The second-order valence-electron chi connectivity index (χ2n) is 4.35. The average Bonchev–Trinajstić information content (AvgIpc) is 2.96. The number of aliphatic carboxylic acids is 1. The van der Waals surface area contributed by atoms with Crippen LogP contribution in [0.4, 0.5) is 0 Å². The third-order valence-corrected chi connectivity index (χ3v) is 3.54. The van der Waals surface area contributed by atoms with Crippen LogP contribution in [0.1, 0.15) is 30.6 Å². The highest BCUT2D eigenvalue weighted by molar-refractivity contribution is 7.99. The van der Waals surface area contributed by atoms with Crippen molar-refractivity contribution in [2.24, 2.45) is 0 Å². The van der Waals surface area contributed by atoms with E-state index in [0.29, 0.717) is 11.7 Å². The fraction of sp³-hybridized carbons (Fsp3) is 0.500. The van der Waals surface area contributed by atoms with Crippen LogP contribution in [0.15, 0.2) is 15.7 Å². The molecule has 8 heteroatoms. The zero-order chi connectivity index (χ0) is 14.5. The van der Waals surface area contributed by atoms with Crippen LogP contribution in [0, 0.1) is 6.92 Å². The van der Waals surface area contributed by atoms with Crippen LogP contribution < -0.4 is 0 Å². The number of aromatic nitrogens is 4. The van der Waals surface area contributed by atoms with E-state index < -0.39 is 5.97 Å². The minimum absolute atomic E-state index is 0.0396. The van der Waals surface area contributed by atoms with Crippen molar-refractivity contribution >= 4 is 17.7 Å². The van der Waals surface area contributed by atoms with Gasteiger partial charge in [-0.15, -0.1) is 10.2 Å². The number of aryl methyl sites for hydroxylation is 2. The third-order valence-electron chi connectivity index (χ3n) is 2.59. The highest BCUT2D eigenvalue weighted by Gasteiger charge is 2.15. The molecule has 0 bridgehead atoms. The average molecular weight is 296 g/mol. The van der Waals surface area contributed by atoms with Crippen LogP contribution >= 0.6 is 11.8 Å². The summed E-state index contributed by atoms with van der Waals surface area (Å²) in [6, 6.07) is 1.85. The minimum atomic E-state index is -0.876. The molecule has 1 N–H and O–H groups in total. The van der Waals surface area contributed by atoms with Crippen LogP contribution in [0.5, 0.6) is 0 Å². The Labute approximate surface area is 120 Å². The molecule has 0 radical (unpaired) electrons. The molecule has 0 atom stereocenters. The van der Waals surface area contributed by atoms with Gasteiger partial charge >= 0.3 is 5.97 Å². The summed E-state index contributed by atoms with van der Waals surface area (Å²) in [4.78, 5) is 10.7. The predicted octanol–water partition coefficient (Wildman–Crippen LogP) is 1.75. The fourth-order valence-electron chi connectivity index (χ4n) is 1.77. The molecule has 0 aromatic carbocycles. The van der Waals surface area contributed by atoms with Crippen molar-refractivity contribution in [2.75, 3.05) is 5.75 Å². The van der Waals surface area contributed by atoms with Crippen molar-refractivity contribution in [1.29, 1.82) is 0 Å². The summed E-state index contributed by atoms with van der Waals surface area (Å²) in [6.45, 7) is 4.38. The molecule has 2 rings (SSSR count). The maximum absolute atomic E-state index is 10.7. The van der Waals surface area contributed by atoms with Crippen molar-refractivity contribution in [2.45, 2.75) is 38.4 Å². The number of thioether (sulfide) groups is 1. The number of carboxylic acids is 1. The van der Waals surface area contributed by atoms with Crippen LogP contribution in [0.2, 0.25) is 0 Å². The number of nitrogens with zero attached hydrogens (tertiary/aromatic N) is 4. The van der Waals surface area contributed by atoms with Crippen LogP contribution in [-0.2, 0) is 17.8 Å². The first-order valence-corrected chi connectivity index (χ1v) is 7.27. The Balaban J connectivity index is 2.21. The van der Waals surface area contributed by atoms with Gasteiger partial charge in [-0.2, -0.15) is 0 Å². The quantitative estimate of drug-likeness (QED) is 0.778. The van der Waals surface area contributed by atoms with E-state index in [-0.39, 0.29) is 5.75 Å². The summed E-state index contributed by atoms with van der Waals surface area (Å²) in [5.41, 5.74) is 0.775. The van der Waals surface area contributed by atoms with Crippen molar-refractivity contribution < 1.29 is 14.4 Å². The molecule has 0 fully saturated rings. The summed E-state index contributed by atoms with van der Waals surface area (Å²) < 4.78 is 6.94. The smallest absolute Gasteiger partial charge is 0.313 e. The topological polar surface area (TPSA) is 94.0 Å². The van der Waals surface area contributed by atoms with Gasteiger partial charge in [0.2, 0.25) is 0 Å². The minimum Gasteiger partial charge on any atom is -0.481 e. The predicted molar refractivity (Wildman–Crippen MR) is 72.7 cm³/mol. The molecule has 20 heavy (non-hydrogen) atoms. The molecule has 0 aliphatic heterocycles. The fourth-order valence-corrected chi connectivity index (χ4v) is 2.45. The molecular weight excluding hydrogens is 280 g/mol. The van der Waals surface area contributed by atoms with Crippen molar-refractivity contribution in [3.8, 4) is 0 Å². The molecular formula is C12H16N4O3S. The van der Waals surface area contributed by atoms with E-state index >= 15 is 0 Å². The largest absolute Gasteiger partial charge is 0.481 e. The highest BCUT2D eigenvalue weighted by atomic mass is 32.2. The van der Waals surface area contributed by atoms with Gasteiger partial charge in [0, 0.05) is 12.5 Å². The Bertz CT molecular complexity index is 593. The maximum atomic E-state index is 10.7. The Hall–Kier alpha value is -1.83. The highest BCUT2D eigenvalue weighted by Crippen LogP contribution is 2.19. The third kappa shape index (κ3) is 3.60. The zero-order valence-corrected chi connectivity index (χ0v) is 12.2. The molecule has 2 aromatic rings. The van der Waals surface area contributed by atoms with Crippen molar-refractivity contribution in [1.82, 2.24) is 19.9 Å². The number of hydrogen-bond acceptors (Lipinski definition) is 6. The Kier molecular flexibility index (Phi) is 4.78. The molecule has 0 aliphatic rings. The Morgan fingerprint density at radius 2 is 2.30 bits per heavy atom. The Morgan fingerprint density at radius 3 is 2.90 bits per heavy atom. The second-order valence-corrected chi connectivity index (χ2v) is 5.29. The molecule has 0 spiro atoms. The van der Waals surface area contributed by atoms with Gasteiger partial charge in [-0.25, -0.2) is 0 Å². The first kappa shape index (κ1) is 14.6. The van der Waals surface area contributed by atoms with Gasteiger partial charge in [-0.05, 0) is 13.3 Å². The lowest BCUT2D eigenvalue weighted by Crippen LogP contribution is -2.08. The van der Waals surface area contributed by atoms with E-state index in [2.05, 4.69) is 22.3 Å². The van der Waals surface area contributed by atoms with E-state index in [1.165, 1.54) is 0 Å². The van der Waals surface area contributed by atoms with E-state index in [0.717, 1.165) is 41.9 Å². The van der Waals surface area contributed by atoms with Gasteiger partial charge in [0.05, 0.1) is 12.3 Å². The summed E-state index contributed by atoms with van der Waals surface area (Å²) in [5, 5.41) is 21.5. The second kappa shape index (κ2) is 6.56. The van der Waals surface area contributed by atoms with E-state index in [1.54, 1.807) is 0 Å². The SMILES string of the molecule is CCCc1nnc(SCC(=O)O)n1Cc1cc(C)on1. The lowest BCUT2D eigenvalue weighted by molar-refractivity contribution is -0.133. The van der Waals surface area contributed by atoms with Gasteiger partial charge in [-0.1, -0.05) is 23.8 Å². The van der Waals surface area contributed by atoms with Crippen LogP contribution in [0.25, 0.3) is 0 Å². The molecule has 0 amide bonds. The summed E-state index contributed by atoms with van der Waals surface area (Å²) in [6.07, 6.45) is 1.73.